The Hall–Kier alpha value is -0.680. The van der Waals surface area contributed by atoms with Crippen molar-refractivity contribution in [1.29, 1.82) is 0 Å². The van der Waals surface area contributed by atoms with Crippen LogP contribution < -0.4 is 11.1 Å². The summed E-state index contributed by atoms with van der Waals surface area (Å²) in [6.45, 7) is 3.59. The van der Waals surface area contributed by atoms with Gasteiger partial charge in [-0.1, -0.05) is 19.1 Å². The molecule has 3 N–H and O–H groups in total. The number of rotatable bonds is 3. The van der Waals surface area contributed by atoms with Crippen molar-refractivity contribution in [2.75, 3.05) is 13.2 Å². The lowest BCUT2D eigenvalue weighted by molar-refractivity contribution is -0.129. The molecule has 19 heavy (non-hydrogen) atoms. The first kappa shape index (κ1) is 14.7. The molecule has 5 heteroatoms. The van der Waals surface area contributed by atoms with Crippen LogP contribution in [0.4, 0.5) is 0 Å². The first-order valence-electron chi connectivity index (χ1n) is 7.23. The summed E-state index contributed by atoms with van der Waals surface area (Å²) >= 11 is 5.22. The summed E-state index contributed by atoms with van der Waals surface area (Å²) < 4.78 is 5.30. The van der Waals surface area contributed by atoms with Gasteiger partial charge in [-0.3, -0.25) is 4.79 Å². The van der Waals surface area contributed by atoms with Gasteiger partial charge in [-0.15, -0.1) is 0 Å². The van der Waals surface area contributed by atoms with Crippen LogP contribution in [0.3, 0.4) is 0 Å². The Morgan fingerprint density at radius 3 is 2.37 bits per heavy atom. The molecule has 2 rings (SSSR count). The Morgan fingerprint density at radius 1 is 1.26 bits per heavy atom. The van der Waals surface area contributed by atoms with E-state index < -0.39 is 5.54 Å². The molecule has 1 amide bonds. The van der Waals surface area contributed by atoms with E-state index in [0.717, 1.165) is 38.5 Å². The smallest absolute Gasteiger partial charge is 0.224 e. The summed E-state index contributed by atoms with van der Waals surface area (Å²) in [6.07, 6.45) is 5.50. The van der Waals surface area contributed by atoms with E-state index in [4.69, 9.17) is 22.7 Å². The van der Waals surface area contributed by atoms with E-state index in [9.17, 15) is 4.79 Å². The maximum atomic E-state index is 12.4. The summed E-state index contributed by atoms with van der Waals surface area (Å²) in [5.74, 6) is 0.854. The molecule has 0 aromatic heterocycles. The number of thiocarbonyl (C=S) groups is 1. The predicted molar refractivity (Wildman–Crippen MR) is 78.8 cm³/mol. The van der Waals surface area contributed by atoms with Crippen molar-refractivity contribution in [3.8, 4) is 0 Å². The molecule has 0 bridgehead atoms. The molecule has 0 aromatic carbocycles. The second-order valence-corrected chi connectivity index (χ2v) is 6.44. The first-order valence-corrected chi connectivity index (χ1v) is 7.64. The maximum Gasteiger partial charge on any atom is 0.224 e. The Balaban J connectivity index is 2.00. The number of amides is 1. The van der Waals surface area contributed by atoms with E-state index in [1.807, 2.05) is 0 Å². The molecular formula is C14H24N2O2S. The Labute approximate surface area is 120 Å². The monoisotopic (exact) mass is 284 g/mol. The highest BCUT2D eigenvalue weighted by Gasteiger charge is 2.39. The second-order valence-electron chi connectivity index (χ2n) is 6.00. The van der Waals surface area contributed by atoms with Crippen molar-refractivity contribution in [2.45, 2.75) is 51.0 Å². The van der Waals surface area contributed by atoms with Crippen molar-refractivity contribution in [3.05, 3.63) is 0 Å². The van der Waals surface area contributed by atoms with E-state index >= 15 is 0 Å². The number of nitrogens with one attached hydrogen (secondary N) is 1. The quantitative estimate of drug-likeness (QED) is 0.775. The fourth-order valence-electron chi connectivity index (χ4n) is 2.99. The fourth-order valence-corrected chi connectivity index (χ4v) is 3.24. The van der Waals surface area contributed by atoms with Crippen molar-refractivity contribution < 1.29 is 9.53 Å². The number of nitrogens with two attached hydrogens (primary N) is 1. The van der Waals surface area contributed by atoms with Gasteiger partial charge in [0.2, 0.25) is 5.91 Å². The van der Waals surface area contributed by atoms with E-state index in [2.05, 4.69) is 12.2 Å². The molecule has 0 spiro atoms. The van der Waals surface area contributed by atoms with E-state index in [1.165, 1.54) is 0 Å². The molecule has 0 aromatic rings. The molecule has 0 unspecified atom stereocenters. The molecule has 0 radical (unpaired) electrons. The van der Waals surface area contributed by atoms with Crippen LogP contribution in [0.25, 0.3) is 0 Å². The molecular weight excluding hydrogens is 260 g/mol. The average Bonchev–Trinajstić information content (AvgIpc) is 2.42. The third-order valence-corrected chi connectivity index (χ3v) is 4.94. The van der Waals surface area contributed by atoms with E-state index in [1.54, 1.807) is 0 Å². The zero-order chi connectivity index (χ0) is 13.9. The van der Waals surface area contributed by atoms with Gasteiger partial charge in [-0.25, -0.2) is 0 Å². The summed E-state index contributed by atoms with van der Waals surface area (Å²) in [6, 6.07) is 0. The van der Waals surface area contributed by atoms with Gasteiger partial charge in [0.1, 0.15) is 0 Å². The van der Waals surface area contributed by atoms with Crippen LogP contribution in [0.5, 0.6) is 0 Å². The van der Waals surface area contributed by atoms with Gasteiger partial charge in [-0.2, -0.15) is 0 Å². The van der Waals surface area contributed by atoms with Crippen LogP contribution in [0.15, 0.2) is 0 Å². The highest BCUT2D eigenvalue weighted by molar-refractivity contribution is 7.80. The van der Waals surface area contributed by atoms with Crippen LogP contribution in [0.1, 0.15) is 45.4 Å². The normalized spacial score (nSPS) is 32.8. The highest BCUT2D eigenvalue weighted by atomic mass is 32.1. The van der Waals surface area contributed by atoms with Crippen LogP contribution >= 0.6 is 12.2 Å². The molecule has 1 saturated heterocycles. The van der Waals surface area contributed by atoms with Gasteiger partial charge >= 0.3 is 0 Å². The summed E-state index contributed by atoms with van der Waals surface area (Å²) in [5.41, 5.74) is 5.47. The average molecular weight is 284 g/mol. The molecule has 4 nitrogen and oxygen atoms in total. The Kier molecular flexibility index (Phi) is 4.79. The SMILES string of the molecule is CC1CCC(NC(=O)C2CCOCC2)(C(N)=S)CC1. The molecule has 1 aliphatic carbocycles. The maximum absolute atomic E-state index is 12.4. The van der Waals surface area contributed by atoms with Gasteiger partial charge < -0.3 is 15.8 Å². The van der Waals surface area contributed by atoms with Crippen LogP contribution in [-0.4, -0.2) is 29.6 Å². The summed E-state index contributed by atoms with van der Waals surface area (Å²) in [7, 11) is 0. The van der Waals surface area contributed by atoms with E-state index in [0.29, 0.717) is 24.1 Å². The molecule has 2 fully saturated rings. The zero-order valence-electron chi connectivity index (χ0n) is 11.6. The molecule has 2 aliphatic rings. The number of ether oxygens (including phenoxy) is 1. The topological polar surface area (TPSA) is 64.3 Å². The van der Waals surface area contributed by atoms with Crippen molar-refractivity contribution in [3.63, 3.8) is 0 Å². The minimum atomic E-state index is -0.447. The lowest BCUT2D eigenvalue weighted by atomic mass is 9.76. The summed E-state index contributed by atoms with van der Waals surface area (Å²) in [5, 5.41) is 3.16. The van der Waals surface area contributed by atoms with Crippen LogP contribution in [-0.2, 0) is 9.53 Å². The Bertz CT molecular complexity index is 345. The van der Waals surface area contributed by atoms with Gasteiger partial charge in [0.05, 0.1) is 10.5 Å². The first-order chi connectivity index (χ1) is 9.03. The zero-order valence-corrected chi connectivity index (χ0v) is 12.4. The lowest BCUT2D eigenvalue weighted by Crippen LogP contribution is -2.59. The molecule has 0 atom stereocenters. The predicted octanol–water partition coefficient (Wildman–Crippen LogP) is 1.76. The number of hydrogen-bond acceptors (Lipinski definition) is 3. The molecule has 1 heterocycles. The molecule has 1 aliphatic heterocycles. The minimum absolute atomic E-state index is 0.0549. The van der Waals surface area contributed by atoms with E-state index in [-0.39, 0.29) is 11.8 Å². The minimum Gasteiger partial charge on any atom is -0.391 e. The molecule has 1 saturated carbocycles. The van der Waals surface area contributed by atoms with Gasteiger partial charge in [0.25, 0.3) is 0 Å². The third-order valence-electron chi connectivity index (χ3n) is 4.55. The van der Waals surface area contributed by atoms with Crippen LogP contribution in [0, 0.1) is 11.8 Å². The summed E-state index contributed by atoms with van der Waals surface area (Å²) in [4.78, 5) is 12.8. The number of hydrogen-bond donors (Lipinski definition) is 2. The number of carbonyl (C=O) groups is 1. The molecule has 108 valence electrons. The Morgan fingerprint density at radius 2 is 1.84 bits per heavy atom. The van der Waals surface area contributed by atoms with Crippen molar-refractivity contribution >= 4 is 23.1 Å². The largest absolute Gasteiger partial charge is 0.391 e. The van der Waals surface area contributed by atoms with Gasteiger partial charge in [0.15, 0.2) is 0 Å². The standard InChI is InChI=1S/C14H24N2O2S/c1-10-2-6-14(7-3-10,13(15)19)16-12(17)11-4-8-18-9-5-11/h10-11H,2-9H2,1H3,(H2,15,19)(H,16,17). The van der Waals surface area contributed by atoms with Crippen molar-refractivity contribution in [1.82, 2.24) is 5.32 Å². The second kappa shape index (κ2) is 6.18. The van der Waals surface area contributed by atoms with Gasteiger partial charge in [-0.05, 0) is 44.4 Å². The van der Waals surface area contributed by atoms with Gasteiger partial charge in [0, 0.05) is 19.1 Å². The van der Waals surface area contributed by atoms with Crippen molar-refractivity contribution in [2.24, 2.45) is 17.6 Å². The lowest BCUT2D eigenvalue weighted by Gasteiger charge is -2.40. The van der Waals surface area contributed by atoms with Crippen LogP contribution in [0.2, 0.25) is 0 Å². The number of carbonyl (C=O) groups excluding carboxylic acids is 1. The highest BCUT2D eigenvalue weighted by Crippen LogP contribution is 2.33. The third kappa shape index (κ3) is 3.45. The fraction of sp³-hybridized carbons (Fsp3) is 0.857.